The smallest absolute Gasteiger partial charge is 0.128 e. The van der Waals surface area contributed by atoms with E-state index in [1.807, 2.05) is 37.3 Å². The number of benzene rings is 2. The van der Waals surface area contributed by atoms with E-state index in [4.69, 9.17) is 4.74 Å². The molecule has 0 saturated carbocycles. The maximum absolute atomic E-state index is 12.8. The molecule has 0 radical (unpaired) electrons. The first-order chi connectivity index (χ1) is 9.20. The normalized spacial score (nSPS) is 13.8. The lowest BCUT2D eigenvalue weighted by Gasteiger charge is -2.23. The van der Waals surface area contributed by atoms with E-state index in [1.165, 1.54) is 12.1 Å². The number of rotatable bonds is 5. The van der Waals surface area contributed by atoms with Gasteiger partial charge in [0.2, 0.25) is 0 Å². The third kappa shape index (κ3) is 3.55. The molecule has 100 valence electrons. The molecule has 0 aliphatic rings. The van der Waals surface area contributed by atoms with Gasteiger partial charge >= 0.3 is 0 Å². The van der Waals surface area contributed by atoms with Crippen molar-refractivity contribution in [2.75, 3.05) is 0 Å². The Morgan fingerprint density at radius 3 is 2.26 bits per heavy atom. The summed E-state index contributed by atoms with van der Waals surface area (Å²) in [5.74, 6) is 0.257. The molecule has 0 bridgehead atoms. The summed E-state index contributed by atoms with van der Waals surface area (Å²) >= 11 is 0. The molecular weight excluding hydrogens is 243 g/mol. The summed E-state index contributed by atoms with van der Waals surface area (Å²) in [6.45, 7) is 1.94. The van der Waals surface area contributed by atoms with E-state index in [-0.39, 0.29) is 11.9 Å². The molecule has 2 nitrogen and oxygen atoms in total. The van der Waals surface area contributed by atoms with Gasteiger partial charge in [-0.15, -0.1) is 0 Å². The molecule has 2 atom stereocenters. The van der Waals surface area contributed by atoms with Crippen molar-refractivity contribution in [3.63, 3.8) is 0 Å². The van der Waals surface area contributed by atoms with E-state index in [0.717, 1.165) is 5.56 Å². The first kappa shape index (κ1) is 13.6. The molecule has 0 saturated heterocycles. The van der Waals surface area contributed by atoms with Crippen molar-refractivity contribution in [3.05, 3.63) is 66.0 Å². The van der Waals surface area contributed by atoms with Gasteiger partial charge in [-0.25, -0.2) is 4.39 Å². The number of hydrogen-bond donors (Lipinski definition) is 1. The number of halogens is 1. The first-order valence-electron chi connectivity index (χ1n) is 6.36. The van der Waals surface area contributed by atoms with Crippen LogP contribution in [0.25, 0.3) is 0 Å². The van der Waals surface area contributed by atoms with E-state index in [0.29, 0.717) is 12.2 Å². The molecule has 0 aromatic heterocycles. The van der Waals surface area contributed by atoms with E-state index < -0.39 is 6.10 Å². The Morgan fingerprint density at radius 2 is 1.68 bits per heavy atom. The maximum atomic E-state index is 12.8. The highest BCUT2D eigenvalue weighted by Gasteiger charge is 2.20. The quantitative estimate of drug-likeness (QED) is 0.887. The average molecular weight is 260 g/mol. The lowest BCUT2D eigenvalue weighted by atomic mass is 10.0. The Bertz CT molecular complexity index is 496. The molecule has 0 aliphatic heterocycles. The lowest BCUT2D eigenvalue weighted by Crippen LogP contribution is -2.24. The maximum Gasteiger partial charge on any atom is 0.128 e. The first-order valence-corrected chi connectivity index (χ1v) is 6.36. The van der Waals surface area contributed by atoms with Crippen molar-refractivity contribution in [2.24, 2.45) is 0 Å². The summed E-state index contributed by atoms with van der Waals surface area (Å²) in [5, 5.41) is 10.3. The zero-order valence-corrected chi connectivity index (χ0v) is 10.8. The Kier molecular flexibility index (Phi) is 4.53. The summed E-state index contributed by atoms with van der Waals surface area (Å²) in [7, 11) is 0. The molecule has 0 fully saturated rings. The van der Waals surface area contributed by atoms with Crippen molar-refractivity contribution in [1.29, 1.82) is 0 Å². The van der Waals surface area contributed by atoms with E-state index in [2.05, 4.69) is 0 Å². The van der Waals surface area contributed by atoms with Crippen molar-refractivity contribution in [2.45, 2.75) is 25.6 Å². The topological polar surface area (TPSA) is 29.5 Å². The van der Waals surface area contributed by atoms with Crippen molar-refractivity contribution in [3.8, 4) is 5.75 Å². The second-order valence-corrected chi connectivity index (χ2v) is 4.37. The van der Waals surface area contributed by atoms with Crippen LogP contribution in [-0.4, -0.2) is 11.2 Å². The SMILES string of the molecule is CCC(Oc1ccc(F)cc1)C(O)c1ccccc1. The van der Waals surface area contributed by atoms with Gasteiger partial charge in [0.05, 0.1) is 0 Å². The number of aliphatic hydroxyl groups excluding tert-OH is 1. The summed E-state index contributed by atoms with van der Waals surface area (Å²) < 4.78 is 18.5. The predicted octanol–water partition coefficient (Wildman–Crippen LogP) is 3.72. The van der Waals surface area contributed by atoms with Crippen LogP contribution in [0.3, 0.4) is 0 Å². The van der Waals surface area contributed by atoms with Crippen LogP contribution in [0.4, 0.5) is 4.39 Å². The molecule has 2 rings (SSSR count). The van der Waals surface area contributed by atoms with Crippen molar-refractivity contribution in [1.82, 2.24) is 0 Å². The van der Waals surface area contributed by atoms with Crippen molar-refractivity contribution >= 4 is 0 Å². The number of hydrogen-bond acceptors (Lipinski definition) is 2. The van der Waals surface area contributed by atoms with E-state index in [1.54, 1.807) is 12.1 Å². The Hall–Kier alpha value is -1.87. The van der Waals surface area contributed by atoms with Crippen LogP contribution in [-0.2, 0) is 0 Å². The van der Waals surface area contributed by atoms with E-state index in [9.17, 15) is 9.50 Å². The van der Waals surface area contributed by atoms with E-state index >= 15 is 0 Å². The predicted molar refractivity (Wildman–Crippen MR) is 72.5 cm³/mol. The lowest BCUT2D eigenvalue weighted by molar-refractivity contribution is 0.0331. The zero-order chi connectivity index (χ0) is 13.7. The van der Waals surface area contributed by atoms with Gasteiger partial charge in [-0.05, 0) is 36.2 Å². The van der Waals surface area contributed by atoms with Gasteiger partial charge in [0, 0.05) is 0 Å². The van der Waals surface area contributed by atoms with Gasteiger partial charge in [-0.2, -0.15) is 0 Å². The van der Waals surface area contributed by atoms with Gasteiger partial charge < -0.3 is 9.84 Å². The third-order valence-corrected chi connectivity index (χ3v) is 3.00. The van der Waals surface area contributed by atoms with Gasteiger partial charge in [-0.3, -0.25) is 0 Å². The summed E-state index contributed by atoms with van der Waals surface area (Å²) in [5.41, 5.74) is 0.816. The standard InChI is InChI=1S/C16H17FO2/c1-2-15(16(18)12-6-4-3-5-7-12)19-14-10-8-13(17)9-11-14/h3-11,15-16,18H,2H2,1H3. The monoisotopic (exact) mass is 260 g/mol. The minimum atomic E-state index is -0.698. The minimum absolute atomic E-state index is 0.302. The summed E-state index contributed by atoms with van der Waals surface area (Å²) in [6.07, 6.45) is -0.392. The van der Waals surface area contributed by atoms with Crippen LogP contribution < -0.4 is 4.74 Å². The molecule has 2 aromatic rings. The highest BCUT2D eigenvalue weighted by Crippen LogP contribution is 2.24. The van der Waals surface area contributed by atoms with Crippen LogP contribution in [0.5, 0.6) is 5.75 Å². The molecule has 2 aromatic carbocycles. The van der Waals surface area contributed by atoms with Crippen LogP contribution >= 0.6 is 0 Å². The van der Waals surface area contributed by atoms with Gasteiger partial charge in [0.15, 0.2) is 0 Å². The number of ether oxygens (including phenoxy) is 1. The Balaban J connectivity index is 2.10. The zero-order valence-electron chi connectivity index (χ0n) is 10.8. The van der Waals surface area contributed by atoms with Gasteiger partial charge in [0.25, 0.3) is 0 Å². The third-order valence-electron chi connectivity index (χ3n) is 3.00. The highest BCUT2D eigenvalue weighted by molar-refractivity contribution is 5.24. The second kappa shape index (κ2) is 6.34. The average Bonchev–Trinajstić information content (AvgIpc) is 2.47. The van der Waals surface area contributed by atoms with Crippen molar-refractivity contribution < 1.29 is 14.2 Å². The second-order valence-electron chi connectivity index (χ2n) is 4.37. The van der Waals surface area contributed by atoms with Crippen LogP contribution in [0.1, 0.15) is 25.0 Å². The Labute approximate surface area is 112 Å². The summed E-state index contributed by atoms with van der Waals surface area (Å²) in [4.78, 5) is 0. The molecular formula is C16H17FO2. The number of aliphatic hydroxyl groups is 1. The van der Waals surface area contributed by atoms with Gasteiger partial charge in [-0.1, -0.05) is 37.3 Å². The van der Waals surface area contributed by atoms with Gasteiger partial charge in [0.1, 0.15) is 23.8 Å². The molecule has 0 aliphatic carbocycles. The highest BCUT2D eigenvalue weighted by atomic mass is 19.1. The van der Waals surface area contributed by atoms with Crippen LogP contribution in [0.2, 0.25) is 0 Å². The molecule has 0 spiro atoms. The fourth-order valence-corrected chi connectivity index (χ4v) is 1.92. The summed E-state index contributed by atoms with van der Waals surface area (Å²) in [6, 6.07) is 15.2. The molecule has 2 unspecified atom stereocenters. The molecule has 3 heteroatoms. The van der Waals surface area contributed by atoms with Crippen LogP contribution in [0, 0.1) is 5.82 Å². The fraction of sp³-hybridized carbons (Fsp3) is 0.250. The largest absolute Gasteiger partial charge is 0.487 e. The fourth-order valence-electron chi connectivity index (χ4n) is 1.92. The van der Waals surface area contributed by atoms with Crippen LogP contribution in [0.15, 0.2) is 54.6 Å². The molecule has 0 heterocycles. The molecule has 1 N–H and O–H groups in total. The molecule has 19 heavy (non-hydrogen) atoms. The molecule has 0 amide bonds. The minimum Gasteiger partial charge on any atom is -0.487 e. The Morgan fingerprint density at radius 1 is 1.05 bits per heavy atom.